The van der Waals surface area contributed by atoms with E-state index in [0.717, 1.165) is 25.8 Å². The molecule has 0 aliphatic carbocycles. The van der Waals surface area contributed by atoms with Crippen LogP contribution in [0, 0.1) is 0 Å². The van der Waals surface area contributed by atoms with E-state index in [4.69, 9.17) is 9.47 Å². The lowest BCUT2D eigenvalue weighted by atomic mass is 10.0. The molecule has 0 aromatic heterocycles. The monoisotopic (exact) mass is 242 g/mol. The van der Waals surface area contributed by atoms with Gasteiger partial charge in [-0.05, 0) is 19.4 Å². The molecule has 0 aromatic carbocycles. The number of methoxy groups -OCH3 is 1. The summed E-state index contributed by atoms with van der Waals surface area (Å²) in [6.07, 6.45) is 2.40. The molecule has 1 N–H and O–H groups in total. The average molecular weight is 242 g/mol. The number of carbonyl (C=O) groups is 2. The quantitative estimate of drug-likeness (QED) is 0.712. The molecule has 0 saturated carbocycles. The summed E-state index contributed by atoms with van der Waals surface area (Å²) >= 11 is 0. The predicted molar refractivity (Wildman–Crippen MR) is 59.5 cm³/mol. The Hall–Kier alpha value is -1.30. The zero-order chi connectivity index (χ0) is 12.3. The van der Waals surface area contributed by atoms with E-state index in [2.05, 4.69) is 10.2 Å². The number of alkyl carbamates (subject to hydrolysis) is 1. The number of hydrogen-bond acceptors (Lipinski definition) is 5. The van der Waals surface area contributed by atoms with E-state index < -0.39 is 0 Å². The summed E-state index contributed by atoms with van der Waals surface area (Å²) in [5.74, 6) is -0.193. The smallest absolute Gasteiger partial charge is 0.407 e. The van der Waals surface area contributed by atoms with Crippen molar-refractivity contribution in [2.24, 2.45) is 0 Å². The van der Waals surface area contributed by atoms with Gasteiger partial charge in [-0.3, -0.25) is 9.69 Å². The highest BCUT2D eigenvalue weighted by Crippen LogP contribution is 2.19. The van der Waals surface area contributed by atoms with Gasteiger partial charge in [0.1, 0.15) is 12.1 Å². The second-order valence-corrected chi connectivity index (χ2v) is 4.44. The molecule has 0 spiro atoms. The number of carbonyl (C=O) groups excluding carboxylic acids is 2. The summed E-state index contributed by atoms with van der Waals surface area (Å²) in [5.41, 5.74) is 0. The Kier molecular flexibility index (Phi) is 3.83. The molecule has 2 atom stereocenters. The minimum atomic E-state index is -0.373. The summed E-state index contributed by atoms with van der Waals surface area (Å²) in [7, 11) is 1.41. The molecular formula is C11H18N2O4. The number of piperidine rings is 1. The summed E-state index contributed by atoms with van der Waals surface area (Å²) in [4.78, 5) is 24.6. The standard InChI is InChI=1S/C11H18N2O4/c1-16-10(14)9-4-2-3-5-13(9)7-8-6-12-11(15)17-8/h8-9H,2-7H2,1H3,(H,12,15). The summed E-state index contributed by atoms with van der Waals surface area (Å²) in [6.45, 7) is 1.97. The third kappa shape index (κ3) is 2.88. The van der Waals surface area contributed by atoms with Crippen LogP contribution in [0.4, 0.5) is 4.79 Å². The molecular weight excluding hydrogens is 224 g/mol. The number of amides is 1. The van der Waals surface area contributed by atoms with E-state index in [0.29, 0.717) is 13.1 Å². The van der Waals surface area contributed by atoms with Crippen LogP contribution in [0.2, 0.25) is 0 Å². The van der Waals surface area contributed by atoms with Crippen LogP contribution in [0.3, 0.4) is 0 Å². The fourth-order valence-corrected chi connectivity index (χ4v) is 2.41. The lowest BCUT2D eigenvalue weighted by Crippen LogP contribution is -2.48. The fourth-order valence-electron chi connectivity index (χ4n) is 2.41. The van der Waals surface area contributed by atoms with Crippen molar-refractivity contribution in [1.82, 2.24) is 10.2 Å². The second-order valence-electron chi connectivity index (χ2n) is 4.44. The van der Waals surface area contributed by atoms with E-state index in [1.807, 2.05) is 0 Å². The first-order valence-corrected chi connectivity index (χ1v) is 5.97. The molecule has 1 amide bonds. The molecule has 2 heterocycles. The van der Waals surface area contributed by atoms with E-state index in [1.165, 1.54) is 7.11 Å². The Balaban J connectivity index is 1.92. The van der Waals surface area contributed by atoms with Crippen molar-refractivity contribution in [1.29, 1.82) is 0 Å². The number of likely N-dealkylation sites (tertiary alicyclic amines) is 1. The molecule has 2 rings (SSSR count). The van der Waals surface area contributed by atoms with Crippen LogP contribution >= 0.6 is 0 Å². The van der Waals surface area contributed by atoms with Gasteiger partial charge in [0, 0.05) is 6.54 Å². The van der Waals surface area contributed by atoms with Gasteiger partial charge in [-0.15, -0.1) is 0 Å². The number of nitrogens with zero attached hydrogens (tertiary/aromatic N) is 1. The molecule has 0 radical (unpaired) electrons. The molecule has 2 saturated heterocycles. The van der Waals surface area contributed by atoms with Gasteiger partial charge in [0.05, 0.1) is 13.7 Å². The third-order valence-electron chi connectivity index (χ3n) is 3.27. The van der Waals surface area contributed by atoms with Gasteiger partial charge in [-0.2, -0.15) is 0 Å². The van der Waals surface area contributed by atoms with Gasteiger partial charge in [-0.1, -0.05) is 6.42 Å². The van der Waals surface area contributed by atoms with Crippen molar-refractivity contribution >= 4 is 12.1 Å². The van der Waals surface area contributed by atoms with Gasteiger partial charge in [0.15, 0.2) is 0 Å². The van der Waals surface area contributed by atoms with Crippen molar-refractivity contribution in [3.63, 3.8) is 0 Å². The van der Waals surface area contributed by atoms with Crippen LogP contribution in [0.1, 0.15) is 19.3 Å². The lowest BCUT2D eigenvalue weighted by Gasteiger charge is -2.34. The number of cyclic esters (lactones) is 1. The van der Waals surface area contributed by atoms with Crippen molar-refractivity contribution in [2.75, 3.05) is 26.7 Å². The number of nitrogens with one attached hydrogen (secondary N) is 1. The second kappa shape index (κ2) is 5.35. The molecule has 2 unspecified atom stereocenters. The van der Waals surface area contributed by atoms with Crippen molar-refractivity contribution in [3.05, 3.63) is 0 Å². The van der Waals surface area contributed by atoms with Gasteiger partial charge in [0.25, 0.3) is 0 Å². The Morgan fingerprint density at radius 2 is 2.41 bits per heavy atom. The van der Waals surface area contributed by atoms with Gasteiger partial charge < -0.3 is 14.8 Å². The first-order valence-electron chi connectivity index (χ1n) is 5.97. The SMILES string of the molecule is COC(=O)C1CCCCN1CC1CNC(=O)O1. The molecule has 0 aromatic rings. The summed E-state index contributed by atoms with van der Waals surface area (Å²) < 4.78 is 9.88. The van der Waals surface area contributed by atoms with Crippen LogP contribution in [0.15, 0.2) is 0 Å². The number of ether oxygens (including phenoxy) is 2. The van der Waals surface area contributed by atoms with Crippen LogP contribution in [0.5, 0.6) is 0 Å². The maximum atomic E-state index is 11.6. The molecule has 96 valence electrons. The lowest BCUT2D eigenvalue weighted by molar-refractivity contribution is -0.148. The molecule has 2 fully saturated rings. The van der Waals surface area contributed by atoms with E-state index in [-0.39, 0.29) is 24.2 Å². The first-order chi connectivity index (χ1) is 8.20. The largest absolute Gasteiger partial charge is 0.468 e. The van der Waals surface area contributed by atoms with E-state index >= 15 is 0 Å². The Morgan fingerprint density at radius 1 is 1.59 bits per heavy atom. The highest BCUT2D eigenvalue weighted by atomic mass is 16.6. The molecule has 6 nitrogen and oxygen atoms in total. The van der Waals surface area contributed by atoms with Crippen molar-refractivity contribution < 1.29 is 19.1 Å². The first kappa shape index (κ1) is 12.2. The molecule has 2 aliphatic heterocycles. The maximum Gasteiger partial charge on any atom is 0.407 e. The third-order valence-corrected chi connectivity index (χ3v) is 3.27. The van der Waals surface area contributed by atoms with E-state index in [9.17, 15) is 9.59 Å². The topological polar surface area (TPSA) is 67.9 Å². The number of hydrogen-bond donors (Lipinski definition) is 1. The number of rotatable bonds is 3. The average Bonchev–Trinajstić information content (AvgIpc) is 2.74. The number of esters is 1. The van der Waals surface area contributed by atoms with Gasteiger partial charge in [-0.25, -0.2) is 4.79 Å². The Bertz CT molecular complexity index is 308. The van der Waals surface area contributed by atoms with Gasteiger partial charge in [0.2, 0.25) is 0 Å². The van der Waals surface area contributed by atoms with Crippen LogP contribution in [0.25, 0.3) is 0 Å². The maximum absolute atomic E-state index is 11.6. The Labute approximate surface area is 100 Å². The summed E-state index contributed by atoms with van der Waals surface area (Å²) in [6, 6.07) is -0.187. The fraction of sp³-hybridized carbons (Fsp3) is 0.818. The summed E-state index contributed by atoms with van der Waals surface area (Å²) in [5, 5.41) is 2.61. The van der Waals surface area contributed by atoms with Crippen molar-refractivity contribution in [3.8, 4) is 0 Å². The van der Waals surface area contributed by atoms with Crippen LogP contribution in [-0.2, 0) is 14.3 Å². The van der Waals surface area contributed by atoms with Crippen LogP contribution < -0.4 is 5.32 Å². The molecule has 2 aliphatic rings. The van der Waals surface area contributed by atoms with Gasteiger partial charge >= 0.3 is 12.1 Å². The zero-order valence-electron chi connectivity index (χ0n) is 9.98. The minimum absolute atomic E-state index is 0.159. The zero-order valence-corrected chi connectivity index (χ0v) is 9.98. The Morgan fingerprint density at radius 3 is 3.06 bits per heavy atom. The van der Waals surface area contributed by atoms with Crippen molar-refractivity contribution in [2.45, 2.75) is 31.4 Å². The molecule has 17 heavy (non-hydrogen) atoms. The molecule has 0 bridgehead atoms. The minimum Gasteiger partial charge on any atom is -0.468 e. The highest BCUT2D eigenvalue weighted by molar-refractivity contribution is 5.75. The highest BCUT2D eigenvalue weighted by Gasteiger charge is 2.33. The normalized spacial score (nSPS) is 29.6. The predicted octanol–water partition coefficient (Wildman–Crippen LogP) is 0.122. The molecule has 6 heteroatoms. The van der Waals surface area contributed by atoms with E-state index in [1.54, 1.807) is 0 Å². The van der Waals surface area contributed by atoms with Crippen LogP contribution in [-0.4, -0.2) is 55.9 Å².